The van der Waals surface area contributed by atoms with Crippen molar-refractivity contribution in [2.24, 2.45) is 5.92 Å². The minimum atomic E-state index is -0.459. The molecule has 2 aliphatic rings. The lowest BCUT2D eigenvalue weighted by atomic mass is 9.76. The molecular formula is C12H22Cl2N4O2. The maximum atomic E-state index is 10.6. The Labute approximate surface area is 131 Å². The number of fused-ring (bicyclic) bond motifs is 1. The normalized spacial score (nSPS) is 30.0. The average molecular weight is 325 g/mol. The Kier molecular flexibility index (Phi) is 6.22. The first-order valence-corrected chi connectivity index (χ1v) is 6.61. The van der Waals surface area contributed by atoms with Crippen LogP contribution in [-0.4, -0.2) is 52.1 Å². The summed E-state index contributed by atoms with van der Waals surface area (Å²) in [6.45, 7) is 6.34. The van der Waals surface area contributed by atoms with Crippen LogP contribution in [0.5, 0.6) is 0 Å². The molecule has 3 heterocycles. The van der Waals surface area contributed by atoms with E-state index in [1.165, 1.54) is 0 Å². The maximum absolute atomic E-state index is 10.6. The molecule has 0 bridgehead atoms. The van der Waals surface area contributed by atoms with E-state index in [9.17, 15) is 5.11 Å². The van der Waals surface area contributed by atoms with Gasteiger partial charge < -0.3 is 10.4 Å². The van der Waals surface area contributed by atoms with Gasteiger partial charge in [-0.3, -0.25) is 4.90 Å². The van der Waals surface area contributed by atoms with Crippen molar-refractivity contribution < 1.29 is 9.74 Å². The molecule has 0 amide bonds. The summed E-state index contributed by atoms with van der Waals surface area (Å²) in [6.07, 6.45) is 1.72. The summed E-state index contributed by atoms with van der Waals surface area (Å²) < 4.78 is 4.72. The molecule has 2 N–H and O–H groups in total. The molecule has 0 aromatic carbocycles. The van der Waals surface area contributed by atoms with Gasteiger partial charge in [-0.2, -0.15) is 0 Å². The van der Waals surface area contributed by atoms with Crippen molar-refractivity contribution in [2.75, 3.05) is 26.2 Å². The molecule has 0 aliphatic carbocycles. The van der Waals surface area contributed by atoms with E-state index in [2.05, 4.69) is 20.5 Å². The van der Waals surface area contributed by atoms with Gasteiger partial charge in [0.05, 0.1) is 5.60 Å². The van der Waals surface area contributed by atoms with Crippen LogP contribution in [0.2, 0.25) is 0 Å². The molecule has 0 unspecified atom stereocenters. The van der Waals surface area contributed by atoms with E-state index in [0.717, 1.165) is 57.0 Å². The summed E-state index contributed by atoms with van der Waals surface area (Å²) in [7, 11) is 0. The SMILES string of the molecule is Cc1nonc1CN1CC[C@@]2(O)CCNC[C@H]2C1.Cl.Cl. The Morgan fingerprint density at radius 2 is 2.20 bits per heavy atom. The Bertz CT molecular complexity index is 431. The van der Waals surface area contributed by atoms with Gasteiger partial charge in [0.1, 0.15) is 11.4 Å². The van der Waals surface area contributed by atoms with E-state index in [-0.39, 0.29) is 24.8 Å². The van der Waals surface area contributed by atoms with Gasteiger partial charge in [-0.25, -0.2) is 4.63 Å². The fourth-order valence-corrected chi connectivity index (χ4v) is 3.04. The molecule has 8 heteroatoms. The number of halogens is 2. The second kappa shape index (κ2) is 7.04. The Morgan fingerprint density at radius 1 is 1.40 bits per heavy atom. The Balaban J connectivity index is 0.000001000. The van der Waals surface area contributed by atoms with Crippen LogP contribution >= 0.6 is 24.8 Å². The first-order valence-electron chi connectivity index (χ1n) is 6.61. The largest absolute Gasteiger partial charge is 0.389 e. The summed E-state index contributed by atoms with van der Waals surface area (Å²) in [5.41, 5.74) is 1.31. The topological polar surface area (TPSA) is 74.4 Å². The van der Waals surface area contributed by atoms with Crippen molar-refractivity contribution in [1.29, 1.82) is 0 Å². The van der Waals surface area contributed by atoms with Crippen LogP contribution in [0.4, 0.5) is 0 Å². The first-order chi connectivity index (χ1) is 8.67. The summed E-state index contributed by atoms with van der Waals surface area (Å²) in [4.78, 5) is 2.33. The lowest BCUT2D eigenvalue weighted by Gasteiger charge is -2.47. The van der Waals surface area contributed by atoms with Gasteiger partial charge in [-0.1, -0.05) is 10.3 Å². The van der Waals surface area contributed by atoms with E-state index in [1.807, 2.05) is 6.92 Å². The van der Waals surface area contributed by atoms with Crippen molar-refractivity contribution in [1.82, 2.24) is 20.5 Å². The smallest absolute Gasteiger partial charge is 0.122 e. The van der Waals surface area contributed by atoms with Gasteiger partial charge in [-0.05, 0) is 26.3 Å². The van der Waals surface area contributed by atoms with Crippen molar-refractivity contribution in [3.8, 4) is 0 Å². The standard InChI is InChI=1S/C12H20N4O2.2ClH/c1-9-11(15-18-14-9)8-16-5-3-12(17)2-4-13-6-10(12)7-16;;/h10,13,17H,2-8H2,1H3;2*1H/t10-,12-;;/m0../s1. The molecule has 2 atom stereocenters. The molecule has 0 saturated carbocycles. The number of nitrogens with one attached hydrogen (secondary N) is 1. The number of nitrogens with zero attached hydrogens (tertiary/aromatic N) is 3. The van der Waals surface area contributed by atoms with E-state index in [1.54, 1.807) is 0 Å². The minimum Gasteiger partial charge on any atom is -0.389 e. The zero-order valence-electron chi connectivity index (χ0n) is 11.5. The lowest BCUT2D eigenvalue weighted by molar-refractivity contribution is -0.0902. The minimum absolute atomic E-state index is 0. The van der Waals surface area contributed by atoms with Crippen LogP contribution in [0.3, 0.4) is 0 Å². The highest BCUT2D eigenvalue weighted by Crippen LogP contribution is 2.33. The zero-order chi connectivity index (χ0) is 12.6. The fourth-order valence-electron chi connectivity index (χ4n) is 3.04. The van der Waals surface area contributed by atoms with Gasteiger partial charge in [-0.15, -0.1) is 24.8 Å². The third kappa shape index (κ3) is 3.43. The van der Waals surface area contributed by atoms with Gasteiger partial charge in [0.2, 0.25) is 0 Å². The molecule has 1 aromatic rings. The second-order valence-electron chi connectivity index (χ2n) is 5.54. The number of aryl methyl sites for hydroxylation is 1. The molecule has 2 saturated heterocycles. The van der Waals surface area contributed by atoms with Crippen LogP contribution < -0.4 is 5.32 Å². The number of piperidine rings is 2. The predicted molar refractivity (Wildman–Crippen MR) is 79.4 cm³/mol. The van der Waals surface area contributed by atoms with Gasteiger partial charge >= 0.3 is 0 Å². The number of rotatable bonds is 2. The molecular weight excluding hydrogens is 303 g/mol. The van der Waals surface area contributed by atoms with E-state index in [4.69, 9.17) is 4.63 Å². The van der Waals surface area contributed by atoms with Crippen LogP contribution in [0.25, 0.3) is 0 Å². The molecule has 6 nitrogen and oxygen atoms in total. The molecule has 0 spiro atoms. The summed E-state index contributed by atoms with van der Waals surface area (Å²) >= 11 is 0. The summed E-state index contributed by atoms with van der Waals surface area (Å²) in [5.74, 6) is 0.320. The fraction of sp³-hybridized carbons (Fsp3) is 0.833. The molecule has 2 fully saturated rings. The molecule has 3 rings (SSSR count). The zero-order valence-corrected chi connectivity index (χ0v) is 13.2. The number of hydrogen-bond donors (Lipinski definition) is 2. The van der Waals surface area contributed by atoms with Crippen LogP contribution in [0.15, 0.2) is 4.63 Å². The van der Waals surface area contributed by atoms with Gasteiger partial charge in [0.25, 0.3) is 0 Å². The number of aliphatic hydroxyl groups is 1. The lowest BCUT2D eigenvalue weighted by Crippen LogP contribution is -2.58. The van der Waals surface area contributed by atoms with E-state index in [0.29, 0.717) is 5.92 Å². The maximum Gasteiger partial charge on any atom is 0.122 e. The highest BCUT2D eigenvalue weighted by atomic mass is 35.5. The molecule has 0 radical (unpaired) electrons. The second-order valence-corrected chi connectivity index (χ2v) is 5.54. The number of hydrogen-bond acceptors (Lipinski definition) is 6. The average Bonchev–Trinajstić information content (AvgIpc) is 2.75. The molecule has 20 heavy (non-hydrogen) atoms. The first kappa shape index (κ1) is 17.7. The highest BCUT2D eigenvalue weighted by molar-refractivity contribution is 5.85. The van der Waals surface area contributed by atoms with Crippen LogP contribution in [-0.2, 0) is 6.54 Å². The van der Waals surface area contributed by atoms with E-state index >= 15 is 0 Å². The third-order valence-corrected chi connectivity index (χ3v) is 4.34. The predicted octanol–water partition coefficient (Wildman–Crippen LogP) is 0.768. The Morgan fingerprint density at radius 3 is 2.90 bits per heavy atom. The highest BCUT2D eigenvalue weighted by Gasteiger charge is 2.42. The van der Waals surface area contributed by atoms with Crippen LogP contribution in [0, 0.1) is 12.8 Å². The summed E-state index contributed by atoms with van der Waals surface area (Å²) in [5, 5.41) is 21.7. The quantitative estimate of drug-likeness (QED) is 0.837. The third-order valence-electron chi connectivity index (χ3n) is 4.34. The number of aromatic nitrogens is 2. The monoisotopic (exact) mass is 324 g/mol. The van der Waals surface area contributed by atoms with Gasteiger partial charge in [0.15, 0.2) is 0 Å². The van der Waals surface area contributed by atoms with Crippen LogP contribution in [0.1, 0.15) is 24.2 Å². The van der Waals surface area contributed by atoms with Gasteiger partial charge in [0, 0.05) is 32.1 Å². The Hall–Kier alpha value is -0.400. The van der Waals surface area contributed by atoms with Crippen molar-refractivity contribution >= 4 is 24.8 Å². The number of likely N-dealkylation sites (tertiary alicyclic amines) is 1. The van der Waals surface area contributed by atoms with Crippen molar-refractivity contribution in [3.05, 3.63) is 11.4 Å². The molecule has 2 aliphatic heterocycles. The molecule has 1 aromatic heterocycles. The van der Waals surface area contributed by atoms with Crippen molar-refractivity contribution in [2.45, 2.75) is 31.9 Å². The molecule has 116 valence electrons. The van der Waals surface area contributed by atoms with Crippen molar-refractivity contribution in [3.63, 3.8) is 0 Å². The van der Waals surface area contributed by atoms with E-state index < -0.39 is 5.60 Å². The summed E-state index contributed by atoms with van der Waals surface area (Å²) in [6, 6.07) is 0.